The van der Waals surface area contributed by atoms with Gasteiger partial charge in [0.25, 0.3) is 5.91 Å². The molecule has 0 aliphatic heterocycles. The van der Waals surface area contributed by atoms with E-state index in [0.29, 0.717) is 11.4 Å². The highest BCUT2D eigenvalue weighted by Crippen LogP contribution is 2.32. The third-order valence-corrected chi connectivity index (χ3v) is 7.16. The number of hydrogen-bond donors (Lipinski definition) is 1. The molecule has 4 aromatic rings. The predicted molar refractivity (Wildman–Crippen MR) is 119 cm³/mol. The second-order valence-electron chi connectivity index (χ2n) is 7.79. The summed E-state index contributed by atoms with van der Waals surface area (Å²) < 4.78 is 3.89. The minimum atomic E-state index is -0.0321. The Morgan fingerprint density at radius 2 is 2.13 bits per heavy atom. The highest BCUT2D eigenvalue weighted by atomic mass is 35.5. The number of hydrogen-bond acceptors (Lipinski definition) is 4. The number of thiophene rings is 1. The molecule has 3 aromatic heterocycles. The molecule has 0 radical (unpaired) electrons. The van der Waals surface area contributed by atoms with E-state index >= 15 is 0 Å². The molecule has 1 amide bonds. The molecule has 0 saturated heterocycles. The lowest BCUT2D eigenvalue weighted by Crippen LogP contribution is -2.30. The standard InChI is InChI=1S/C22H22ClN5OS/c1-13-16-10-20(21(29)25-18-4-3-5-19-17(18)11-24-27(19)2)30-22(16)28(26-13)12-14-6-8-15(23)9-7-14/h6-11,18H,3-5,12H2,1-2H3,(H,25,29). The molecular formula is C22H22ClN5OS. The Balaban J connectivity index is 1.40. The molecule has 1 atom stereocenters. The van der Waals surface area contributed by atoms with Crippen LogP contribution < -0.4 is 5.32 Å². The van der Waals surface area contributed by atoms with E-state index in [-0.39, 0.29) is 11.9 Å². The van der Waals surface area contributed by atoms with Gasteiger partial charge >= 0.3 is 0 Å². The van der Waals surface area contributed by atoms with Gasteiger partial charge in [-0.3, -0.25) is 14.2 Å². The van der Waals surface area contributed by atoms with Crippen molar-refractivity contribution in [2.45, 2.75) is 38.8 Å². The monoisotopic (exact) mass is 439 g/mol. The number of nitrogens with one attached hydrogen (secondary N) is 1. The van der Waals surface area contributed by atoms with Crippen molar-refractivity contribution in [1.29, 1.82) is 0 Å². The summed E-state index contributed by atoms with van der Waals surface area (Å²) in [4.78, 5) is 14.8. The van der Waals surface area contributed by atoms with E-state index in [1.807, 2.05) is 59.9 Å². The normalized spacial score (nSPS) is 16.0. The summed E-state index contributed by atoms with van der Waals surface area (Å²) >= 11 is 7.49. The molecular weight excluding hydrogens is 418 g/mol. The number of nitrogens with zero attached hydrogens (tertiary/aromatic N) is 4. The van der Waals surface area contributed by atoms with Crippen molar-refractivity contribution in [1.82, 2.24) is 24.9 Å². The Morgan fingerprint density at radius 1 is 1.33 bits per heavy atom. The van der Waals surface area contributed by atoms with Crippen LogP contribution in [0.4, 0.5) is 0 Å². The molecule has 1 N–H and O–H groups in total. The fourth-order valence-corrected chi connectivity index (χ4v) is 5.37. The first kappa shape index (κ1) is 19.3. The van der Waals surface area contributed by atoms with Crippen LogP contribution >= 0.6 is 22.9 Å². The molecule has 1 aliphatic carbocycles. The Kier molecular flexibility index (Phi) is 4.87. The number of aryl methyl sites for hydroxylation is 2. The lowest BCUT2D eigenvalue weighted by Gasteiger charge is -2.23. The third kappa shape index (κ3) is 3.42. The van der Waals surface area contributed by atoms with Crippen LogP contribution in [0.3, 0.4) is 0 Å². The van der Waals surface area contributed by atoms with Crippen LogP contribution in [0.1, 0.15) is 51.1 Å². The van der Waals surface area contributed by atoms with E-state index in [9.17, 15) is 4.79 Å². The molecule has 1 unspecified atom stereocenters. The van der Waals surface area contributed by atoms with Gasteiger partial charge in [0.15, 0.2) is 0 Å². The number of carbonyl (C=O) groups is 1. The van der Waals surface area contributed by atoms with Crippen molar-refractivity contribution in [2.75, 3.05) is 0 Å². The van der Waals surface area contributed by atoms with E-state index in [4.69, 9.17) is 11.6 Å². The molecule has 8 heteroatoms. The van der Waals surface area contributed by atoms with Crippen LogP contribution in [0.2, 0.25) is 5.02 Å². The first-order chi connectivity index (χ1) is 14.5. The molecule has 6 nitrogen and oxygen atoms in total. The second-order valence-corrected chi connectivity index (χ2v) is 9.25. The molecule has 30 heavy (non-hydrogen) atoms. The minimum Gasteiger partial charge on any atom is -0.344 e. The van der Waals surface area contributed by atoms with Crippen LogP contribution in [0.15, 0.2) is 36.5 Å². The summed E-state index contributed by atoms with van der Waals surface area (Å²) in [6.45, 7) is 2.63. The van der Waals surface area contributed by atoms with Gasteiger partial charge in [0.2, 0.25) is 0 Å². The van der Waals surface area contributed by atoms with E-state index in [0.717, 1.165) is 51.3 Å². The van der Waals surface area contributed by atoms with Crippen LogP contribution in [-0.2, 0) is 20.0 Å². The van der Waals surface area contributed by atoms with Crippen molar-refractivity contribution in [3.63, 3.8) is 0 Å². The lowest BCUT2D eigenvalue weighted by molar-refractivity contribution is 0.0937. The average Bonchev–Trinajstić information content (AvgIpc) is 3.41. The van der Waals surface area contributed by atoms with Gasteiger partial charge in [-0.15, -0.1) is 11.3 Å². The van der Waals surface area contributed by atoms with Crippen LogP contribution in [0.5, 0.6) is 0 Å². The number of amides is 1. The maximum atomic E-state index is 13.0. The quantitative estimate of drug-likeness (QED) is 0.503. The van der Waals surface area contributed by atoms with E-state index in [1.54, 1.807) is 0 Å². The highest BCUT2D eigenvalue weighted by Gasteiger charge is 2.26. The maximum Gasteiger partial charge on any atom is 0.261 e. The predicted octanol–water partition coefficient (Wildman–Crippen LogP) is 4.65. The molecule has 3 heterocycles. The van der Waals surface area contributed by atoms with Crippen molar-refractivity contribution in [3.05, 3.63) is 68.9 Å². The van der Waals surface area contributed by atoms with Gasteiger partial charge in [0, 0.05) is 28.7 Å². The van der Waals surface area contributed by atoms with Gasteiger partial charge in [-0.1, -0.05) is 23.7 Å². The summed E-state index contributed by atoms with van der Waals surface area (Å²) in [5.74, 6) is -0.0321. The Morgan fingerprint density at radius 3 is 2.93 bits per heavy atom. The van der Waals surface area contributed by atoms with Gasteiger partial charge in [-0.25, -0.2) is 0 Å². The van der Waals surface area contributed by atoms with Crippen LogP contribution in [-0.4, -0.2) is 25.5 Å². The molecule has 0 saturated carbocycles. The number of rotatable bonds is 4. The number of halogens is 1. The van der Waals surface area contributed by atoms with Crippen LogP contribution in [0, 0.1) is 6.92 Å². The highest BCUT2D eigenvalue weighted by molar-refractivity contribution is 7.20. The molecule has 1 aliphatic rings. The number of aromatic nitrogens is 4. The number of fused-ring (bicyclic) bond motifs is 2. The van der Waals surface area contributed by atoms with Gasteiger partial charge in [0.1, 0.15) is 4.83 Å². The van der Waals surface area contributed by atoms with Crippen LogP contribution in [0.25, 0.3) is 10.2 Å². The SMILES string of the molecule is Cc1nn(Cc2ccc(Cl)cc2)c2sc(C(=O)NC3CCCc4c3cnn4C)cc12. The van der Waals surface area contributed by atoms with Crippen molar-refractivity contribution in [2.24, 2.45) is 7.05 Å². The zero-order valence-corrected chi connectivity index (χ0v) is 18.4. The summed E-state index contributed by atoms with van der Waals surface area (Å²) in [5, 5.41) is 14.0. The fourth-order valence-electron chi connectivity index (χ4n) is 4.18. The number of carbonyl (C=O) groups excluding carboxylic acids is 1. The zero-order chi connectivity index (χ0) is 20.8. The molecule has 5 rings (SSSR count). The first-order valence-electron chi connectivity index (χ1n) is 10.0. The van der Waals surface area contributed by atoms with Crippen molar-refractivity contribution >= 4 is 39.1 Å². The largest absolute Gasteiger partial charge is 0.344 e. The van der Waals surface area contributed by atoms with Crippen molar-refractivity contribution in [3.8, 4) is 0 Å². The molecule has 0 bridgehead atoms. The first-order valence-corrected chi connectivity index (χ1v) is 11.2. The van der Waals surface area contributed by atoms with Gasteiger partial charge in [-0.2, -0.15) is 10.2 Å². The lowest BCUT2D eigenvalue weighted by atomic mass is 9.93. The smallest absolute Gasteiger partial charge is 0.261 e. The Bertz CT molecular complexity index is 1240. The Hall–Kier alpha value is -2.64. The Labute approximate surface area is 183 Å². The van der Waals surface area contributed by atoms with E-state index < -0.39 is 0 Å². The second kappa shape index (κ2) is 7.56. The summed E-state index contributed by atoms with van der Waals surface area (Å²) in [6.07, 6.45) is 4.90. The molecule has 154 valence electrons. The van der Waals surface area contributed by atoms with E-state index in [1.165, 1.54) is 17.0 Å². The number of benzene rings is 1. The summed E-state index contributed by atoms with van der Waals surface area (Å²) in [7, 11) is 1.96. The molecule has 1 aromatic carbocycles. The average molecular weight is 440 g/mol. The topological polar surface area (TPSA) is 64.7 Å². The van der Waals surface area contributed by atoms with Crippen molar-refractivity contribution < 1.29 is 4.79 Å². The summed E-state index contributed by atoms with van der Waals surface area (Å²) in [6, 6.07) is 9.75. The fraction of sp³-hybridized carbons (Fsp3) is 0.318. The molecule has 0 fully saturated rings. The van der Waals surface area contributed by atoms with Gasteiger partial charge in [0.05, 0.1) is 29.4 Å². The zero-order valence-electron chi connectivity index (χ0n) is 16.9. The van der Waals surface area contributed by atoms with Gasteiger partial charge in [-0.05, 0) is 49.9 Å². The van der Waals surface area contributed by atoms with Gasteiger partial charge < -0.3 is 5.32 Å². The summed E-state index contributed by atoms with van der Waals surface area (Å²) in [5.41, 5.74) is 4.41. The third-order valence-electron chi connectivity index (χ3n) is 5.76. The van der Waals surface area contributed by atoms with E-state index in [2.05, 4.69) is 15.5 Å². The minimum absolute atomic E-state index is 0.0202. The molecule has 0 spiro atoms. The maximum absolute atomic E-state index is 13.0.